The molecule has 2 rings (SSSR count). The van der Waals surface area contributed by atoms with E-state index in [0.717, 1.165) is 24.0 Å². The first-order valence-corrected chi connectivity index (χ1v) is 5.94. The van der Waals surface area contributed by atoms with Crippen molar-refractivity contribution in [2.24, 2.45) is 5.92 Å². The van der Waals surface area contributed by atoms with Crippen LogP contribution in [0.25, 0.3) is 0 Å². The van der Waals surface area contributed by atoms with Gasteiger partial charge in [0.1, 0.15) is 6.04 Å². The molecule has 1 aliphatic carbocycles. The highest BCUT2D eigenvalue weighted by Gasteiger charge is 2.32. The van der Waals surface area contributed by atoms with Crippen molar-refractivity contribution < 1.29 is 4.79 Å². The van der Waals surface area contributed by atoms with Crippen molar-refractivity contribution >= 4 is 5.91 Å². The fourth-order valence-electron chi connectivity index (χ4n) is 1.89. The van der Waals surface area contributed by atoms with Gasteiger partial charge in [-0.2, -0.15) is 5.26 Å². The summed E-state index contributed by atoms with van der Waals surface area (Å²) < 4.78 is 0. The lowest BCUT2D eigenvalue weighted by atomic mass is 10.1. The maximum absolute atomic E-state index is 11.8. The number of hydrogen-bond donors (Lipinski definition) is 1. The lowest BCUT2D eigenvalue weighted by Crippen LogP contribution is -2.36. The Kier molecular flexibility index (Phi) is 3.43. The normalized spacial score (nSPS) is 16.0. The van der Waals surface area contributed by atoms with Crippen LogP contribution in [0.1, 0.15) is 24.0 Å². The van der Waals surface area contributed by atoms with Crippen molar-refractivity contribution in [3.8, 4) is 6.07 Å². The number of rotatable bonds is 4. The molecule has 1 aliphatic rings. The quantitative estimate of drug-likeness (QED) is 0.856. The summed E-state index contributed by atoms with van der Waals surface area (Å²) in [7, 11) is 0. The minimum Gasteiger partial charge on any atom is -0.340 e. The van der Waals surface area contributed by atoms with Crippen LogP contribution in [-0.2, 0) is 11.2 Å². The summed E-state index contributed by atoms with van der Waals surface area (Å²) in [4.78, 5) is 11.8. The number of hydrogen-bond acceptors (Lipinski definition) is 2. The maximum Gasteiger partial charge on any atom is 0.225 e. The Bertz CT molecular complexity index is 458. The molecule has 1 N–H and O–H groups in total. The molecule has 0 saturated heterocycles. The van der Waals surface area contributed by atoms with E-state index in [1.54, 1.807) is 0 Å². The van der Waals surface area contributed by atoms with Gasteiger partial charge in [0, 0.05) is 0 Å². The summed E-state index contributed by atoms with van der Waals surface area (Å²) in [5, 5.41) is 11.7. The number of carbonyl (C=O) groups is 1. The van der Waals surface area contributed by atoms with Crippen molar-refractivity contribution in [1.82, 2.24) is 5.32 Å². The zero-order valence-corrected chi connectivity index (χ0v) is 9.94. The summed E-state index contributed by atoms with van der Waals surface area (Å²) >= 11 is 0. The third-order valence-corrected chi connectivity index (χ3v) is 3.16. The van der Waals surface area contributed by atoms with Crippen molar-refractivity contribution in [2.45, 2.75) is 32.2 Å². The molecule has 88 valence electrons. The maximum atomic E-state index is 11.8. The summed E-state index contributed by atoms with van der Waals surface area (Å²) in [5.41, 5.74) is 2.14. The smallest absolute Gasteiger partial charge is 0.225 e. The van der Waals surface area contributed by atoms with E-state index in [4.69, 9.17) is 5.26 Å². The van der Waals surface area contributed by atoms with Crippen LogP contribution in [0.3, 0.4) is 0 Å². The topological polar surface area (TPSA) is 52.9 Å². The lowest BCUT2D eigenvalue weighted by molar-refractivity contribution is -0.120. The molecule has 0 heterocycles. The second-order valence-corrected chi connectivity index (χ2v) is 4.61. The van der Waals surface area contributed by atoms with Crippen LogP contribution in [-0.4, -0.2) is 11.9 Å². The van der Waals surface area contributed by atoms with E-state index in [0.29, 0.717) is 12.3 Å². The van der Waals surface area contributed by atoms with E-state index in [9.17, 15) is 4.79 Å². The van der Waals surface area contributed by atoms with E-state index in [1.807, 2.05) is 31.2 Å². The van der Waals surface area contributed by atoms with Gasteiger partial charge >= 0.3 is 0 Å². The SMILES string of the molecule is Cc1ccccc1CC(=O)NC(C#N)C1CC1. The van der Waals surface area contributed by atoms with Crippen LogP contribution in [0, 0.1) is 24.2 Å². The molecule has 0 aliphatic heterocycles. The van der Waals surface area contributed by atoms with Gasteiger partial charge in [0.15, 0.2) is 0 Å². The van der Waals surface area contributed by atoms with Crippen molar-refractivity contribution in [3.63, 3.8) is 0 Å². The van der Waals surface area contributed by atoms with E-state index < -0.39 is 0 Å². The molecule has 1 aromatic rings. The highest BCUT2D eigenvalue weighted by atomic mass is 16.1. The van der Waals surface area contributed by atoms with Gasteiger partial charge in [0.2, 0.25) is 5.91 Å². The van der Waals surface area contributed by atoms with E-state index >= 15 is 0 Å². The predicted octanol–water partition coefficient (Wildman–Crippen LogP) is 1.96. The second kappa shape index (κ2) is 5.01. The molecule has 0 radical (unpaired) electrons. The third kappa shape index (κ3) is 3.07. The fraction of sp³-hybridized carbons (Fsp3) is 0.429. The van der Waals surface area contributed by atoms with Gasteiger partial charge < -0.3 is 5.32 Å². The molecule has 0 spiro atoms. The zero-order chi connectivity index (χ0) is 12.3. The Hall–Kier alpha value is -1.82. The Morgan fingerprint density at radius 3 is 2.82 bits per heavy atom. The van der Waals surface area contributed by atoms with E-state index in [-0.39, 0.29) is 11.9 Å². The average Bonchev–Trinajstić information content (AvgIpc) is 3.13. The van der Waals surface area contributed by atoms with Gasteiger partial charge in [-0.3, -0.25) is 4.79 Å². The van der Waals surface area contributed by atoms with Crippen LogP contribution in [0.15, 0.2) is 24.3 Å². The average molecular weight is 228 g/mol. The van der Waals surface area contributed by atoms with Gasteiger partial charge in [-0.05, 0) is 36.8 Å². The first-order chi connectivity index (χ1) is 8.20. The number of nitrogens with one attached hydrogen (secondary N) is 1. The van der Waals surface area contributed by atoms with Crippen LogP contribution in [0.4, 0.5) is 0 Å². The molecular formula is C14H16N2O. The van der Waals surface area contributed by atoms with Crippen molar-refractivity contribution in [2.75, 3.05) is 0 Å². The molecule has 0 aromatic heterocycles. The monoisotopic (exact) mass is 228 g/mol. The summed E-state index contributed by atoms with van der Waals surface area (Å²) in [6.07, 6.45) is 2.48. The third-order valence-electron chi connectivity index (χ3n) is 3.16. The number of carbonyl (C=O) groups excluding carboxylic acids is 1. The predicted molar refractivity (Wildman–Crippen MR) is 65.2 cm³/mol. The summed E-state index contributed by atoms with van der Waals surface area (Å²) in [6, 6.07) is 9.69. The molecule has 1 amide bonds. The van der Waals surface area contributed by atoms with Crippen molar-refractivity contribution in [3.05, 3.63) is 35.4 Å². The largest absolute Gasteiger partial charge is 0.340 e. The molecule has 1 aromatic carbocycles. The number of amides is 1. The zero-order valence-electron chi connectivity index (χ0n) is 9.94. The molecule has 1 fully saturated rings. The molecule has 0 bridgehead atoms. The Morgan fingerprint density at radius 2 is 2.24 bits per heavy atom. The molecule has 17 heavy (non-hydrogen) atoms. The number of aryl methyl sites for hydroxylation is 1. The van der Waals surface area contributed by atoms with Crippen LogP contribution < -0.4 is 5.32 Å². The first-order valence-electron chi connectivity index (χ1n) is 5.94. The summed E-state index contributed by atoms with van der Waals surface area (Å²) in [6.45, 7) is 1.99. The summed E-state index contributed by atoms with van der Waals surface area (Å²) in [5.74, 6) is 0.318. The molecule has 1 saturated carbocycles. The first kappa shape index (κ1) is 11.7. The number of benzene rings is 1. The molecule has 1 atom stereocenters. The van der Waals surface area contributed by atoms with Gasteiger partial charge in [-0.15, -0.1) is 0 Å². The number of nitrogens with zero attached hydrogens (tertiary/aromatic N) is 1. The Balaban J connectivity index is 1.93. The molecular weight excluding hydrogens is 212 g/mol. The molecule has 3 nitrogen and oxygen atoms in total. The van der Waals surface area contributed by atoms with Gasteiger partial charge in [0.05, 0.1) is 12.5 Å². The minimum absolute atomic E-state index is 0.0576. The standard InChI is InChI=1S/C14H16N2O/c1-10-4-2-3-5-12(10)8-14(17)16-13(9-15)11-6-7-11/h2-5,11,13H,6-8H2,1H3,(H,16,17). The van der Waals surface area contributed by atoms with Crippen LogP contribution in [0.5, 0.6) is 0 Å². The second-order valence-electron chi connectivity index (χ2n) is 4.61. The molecule has 3 heteroatoms. The van der Waals surface area contributed by atoms with E-state index in [2.05, 4.69) is 11.4 Å². The molecule has 1 unspecified atom stereocenters. The number of nitriles is 1. The highest BCUT2D eigenvalue weighted by molar-refractivity contribution is 5.79. The fourth-order valence-corrected chi connectivity index (χ4v) is 1.89. The van der Waals surface area contributed by atoms with Gasteiger partial charge in [-0.25, -0.2) is 0 Å². The Morgan fingerprint density at radius 1 is 1.53 bits per heavy atom. The van der Waals surface area contributed by atoms with Crippen LogP contribution in [0.2, 0.25) is 0 Å². The Labute approximate surface area is 101 Å². The van der Waals surface area contributed by atoms with E-state index in [1.165, 1.54) is 0 Å². The lowest BCUT2D eigenvalue weighted by Gasteiger charge is -2.11. The van der Waals surface area contributed by atoms with Gasteiger partial charge in [-0.1, -0.05) is 24.3 Å². The van der Waals surface area contributed by atoms with Gasteiger partial charge in [0.25, 0.3) is 0 Å². The minimum atomic E-state index is -0.300. The van der Waals surface area contributed by atoms with Crippen LogP contribution >= 0.6 is 0 Å². The highest BCUT2D eigenvalue weighted by Crippen LogP contribution is 2.32. The van der Waals surface area contributed by atoms with Crippen molar-refractivity contribution in [1.29, 1.82) is 5.26 Å².